The molecule has 13 N–H and O–H groups in total. The van der Waals surface area contributed by atoms with Crippen molar-refractivity contribution in [3.05, 3.63) is 97.4 Å². The van der Waals surface area contributed by atoms with Crippen LogP contribution in [0.25, 0.3) is 77.8 Å². The number of nitrogens with zero attached hydrogens (tertiary/aromatic N) is 26. The highest BCUT2D eigenvalue weighted by molar-refractivity contribution is 7.98. The molecule has 14 rings (SSSR count). The van der Waals surface area contributed by atoms with Gasteiger partial charge in [0.1, 0.15) is 40.0 Å². The molecule has 0 aliphatic carbocycles. The minimum absolute atomic E-state index is 0.0349. The lowest BCUT2D eigenvalue weighted by Crippen LogP contribution is -2.39. The lowest BCUT2D eigenvalue weighted by Gasteiger charge is -2.19. The number of nitrogens with two attached hydrogens (primary N) is 4. The first kappa shape index (κ1) is 88.8. The Morgan fingerprint density at radius 1 is 0.496 bits per heavy atom. The SMILES string of the molecule is CC(C)n1cc(F)c2c(N(C)NS(C)(=O)=O)nc(N)nc21.CC(C)n1ccc2c(N(C)NS(C)(=O)=O)nc(N)nc21.CC(C)n1ccc2c(NNS(C)(=O)=O)nc(N)nc21.CC(C)n1cnc2c(=O)[nH]cnc21.CC(C)n1cnc2cnc(N)nc21.CCOc1ncnc2c1ncn2C(C)C.CSc1ncnc2c1ncn2C(C)C. The molecule has 14 aromatic heterocycles. The number of imidazole rings is 4. The fourth-order valence-corrected chi connectivity index (χ4v) is 12.9. The van der Waals surface area contributed by atoms with Gasteiger partial charge in [-0.05, 0) is 122 Å². The van der Waals surface area contributed by atoms with Crippen molar-refractivity contribution in [2.45, 2.75) is 151 Å². The Bertz CT molecular complexity index is 6110. The number of halogens is 1. The maximum Gasteiger partial charge on any atom is 0.278 e. The Hall–Kier alpha value is -11.7. The van der Waals surface area contributed by atoms with Gasteiger partial charge >= 0.3 is 0 Å². The van der Waals surface area contributed by atoms with Crippen LogP contribution in [0.3, 0.4) is 0 Å². The number of hydrogen-bond acceptors (Lipinski definition) is 33. The number of fused-ring (bicyclic) bond motifs is 7. The molecule has 115 heavy (non-hydrogen) atoms. The first-order chi connectivity index (χ1) is 53.9. The third-order valence-electron chi connectivity index (χ3n) is 16.1. The quantitative estimate of drug-likeness (QED) is 0.0219. The van der Waals surface area contributed by atoms with E-state index >= 15 is 0 Å². The van der Waals surface area contributed by atoms with Crippen LogP contribution in [-0.2, 0) is 30.1 Å². The van der Waals surface area contributed by atoms with Crippen molar-refractivity contribution in [3.63, 3.8) is 0 Å². The number of nitrogen functional groups attached to an aromatic ring is 4. The minimum atomic E-state index is -3.53. The van der Waals surface area contributed by atoms with Gasteiger partial charge in [-0.2, -0.15) is 39.9 Å². The molecule has 0 spiro atoms. The van der Waals surface area contributed by atoms with E-state index in [4.69, 9.17) is 27.7 Å². The standard InChI is InChI=1S/C11H17FN6O2S.C11H18N6O2S.C10H16N6O2S.C10H14N4O.C9H12N4S.C8H11N5.C8H10N4O/c1-6(2)18-5-7(12)8-9(14-11(13)15-10(8)18)17(3)16-21(4,19)20;1-7(2)17-6-5-8-9(13-11(12)14-10(8)17)16(3)15-20(4,18)19;1-6(2)16-5-4-7-8(14-15-19(3,17)18)12-10(11)13-9(7)16;1-4-15-10-8-9(11-5-12-10)14(6-13-8)7(2)3;1-6(2)13-5-12-7-8(13)10-4-11-9(7)14-3;1-5(2)13-4-11-6-3-10-8(9)12-7(6)13;1-5(2)12-4-11-6-7(12)9-3-10-8(6)13/h5-6,16H,1-4H3,(H2,13,14,15);5-7,15H,1-4H3,(H2,12,13,14);4-6,15H,1-3H3,(H3,11,12,13,14);5-7H,4H2,1-3H3;4-6H,1-3H3;3-5H,1-2H3,(H2,9,10,12);3-5H,1-2H3,(H,9,10,13). The van der Waals surface area contributed by atoms with Gasteiger partial charge in [0.2, 0.25) is 59.7 Å². The van der Waals surface area contributed by atoms with Gasteiger partial charge in [-0.15, -0.1) is 26.3 Å². The van der Waals surface area contributed by atoms with Crippen molar-refractivity contribution >= 4 is 161 Å². The van der Waals surface area contributed by atoms with Gasteiger partial charge in [0.15, 0.2) is 62.5 Å². The number of hydrazine groups is 3. The molecule has 0 aliphatic heterocycles. The molecule has 14 heterocycles. The molecule has 620 valence electrons. The fourth-order valence-electron chi connectivity index (χ4n) is 11.0. The second-order valence-corrected chi connectivity index (χ2v) is 33.5. The highest BCUT2D eigenvalue weighted by Gasteiger charge is 2.24. The van der Waals surface area contributed by atoms with E-state index in [9.17, 15) is 34.4 Å². The predicted octanol–water partition coefficient (Wildman–Crippen LogP) is 7.22. The second kappa shape index (κ2) is 37.5. The van der Waals surface area contributed by atoms with Gasteiger partial charge < -0.3 is 64.6 Å². The van der Waals surface area contributed by atoms with Gasteiger partial charge in [0.05, 0.1) is 79.4 Å². The van der Waals surface area contributed by atoms with Crippen LogP contribution < -0.4 is 63.2 Å². The van der Waals surface area contributed by atoms with Crippen LogP contribution in [0.1, 0.15) is 146 Å². The smallest absolute Gasteiger partial charge is 0.278 e. The number of sulfonamides is 3. The molecule has 0 saturated carbocycles. The van der Waals surface area contributed by atoms with Crippen LogP contribution in [0.4, 0.5) is 45.6 Å². The summed E-state index contributed by atoms with van der Waals surface area (Å²) in [6.07, 6.45) is 23.2. The topological polar surface area (TPSA) is 557 Å². The Morgan fingerprint density at radius 2 is 0.939 bits per heavy atom. The van der Waals surface area contributed by atoms with Gasteiger partial charge in [0, 0.05) is 75.0 Å². The lowest BCUT2D eigenvalue weighted by molar-refractivity contribution is 0.330. The van der Waals surface area contributed by atoms with E-state index in [0.29, 0.717) is 75.7 Å². The predicted molar refractivity (Wildman–Crippen MR) is 444 cm³/mol. The average Bonchev–Trinajstić information content (AvgIpc) is 1.61. The van der Waals surface area contributed by atoms with E-state index in [2.05, 4.69) is 156 Å². The summed E-state index contributed by atoms with van der Waals surface area (Å²) in [5, 5.41) is 4.89. The van der Waals surface area contributed by atoms with E-state index in [1.54, 1.807) is 60.9 Å². The van der Waals surface area contributed by atoms with Crippen LogP contribution >= 0.6 is 11.8 Å². The van der Waals surface area contributed by atoms with Gasteiger partial charge in [-0.25, -0.2) is 74.5 Å². The number of rotatable bonds is 19. The fraction of sp³-hybridized carbons (Fsp3) is 0.433. The van der Waals surface area contributed by atoms with Crippen molar-refractivity contribution in [2.24, 2.45) is 0 Å². The largest absolute Gasteiger partial charge is 0.476 e. The maximum absolute atomic E-state index is 14.2. The van der Waals surface area contributed by atoms with Crippen molar-refractivity contribution in [2.75, 3.05) is 84.1 Å². The Labute approximate surface area is 666 Å². The third-order valence-corrected chi connectivity index (χ3v) is 18.5. The zero-order valence-corrected chi connectivity index (χ0v) is 70.7. The number of aromatic nitrogens is 25. The number of nitrogens with one attached hydrogen (secondary N) is 5. The summed E-state index contributed by atoms with van der Waals surface area (Å²) in [4.78, 5) is 90.4. The molecule has 0 fully saturated rings. The zero-order chi connectivity index (χ0) is 85.0. The van der Waals surface area contributed by atoms with Crippen LogP contribution in [0.2, 0.25) is 0 Å². The summed E-state index contributed by atoms with van der Waals surface area (Å²) < 4.78 is 100. The molecule has 48 heteroatoms. The van der Waals surface area contributed by atoms with Crippen LogP contribution in [-0.4, -0.2) is 193 Å². The summed E-state index contributed by atoms with van der Waals surface area (Å²) in [7, 11) is -7.33. The molecule has 0 aliphatic rings. The summed E-state index contributed by atoms with van der Waals surface area (Å²) in [5.41, 5.74) is 32.4. The number of hydrogen-bond donors (Lipinski definition) is 9. The average molecular weight is 1670 g/mol. The van der Waals surface area contributed by atoms with Crippen LogP contribution in [0, 0.1) is 5.82 Å². The highest BCUT2D eigenvalue weighted by Crippen LogP contribution is 2.32. The zero-order valence-electron chi connectivity index (χ0n) is 67.5. The Kier molecular flexibility index (Phi) is 29.0. The van der Waals surface area contributed by atoms with E-state index in [1.807, 2.05) is 116 Å². The van der Waals surface area contributed by atoms with Crippen molar-refractivity contribution in [1.29, 1.82) is 0 Å². The normalized spacial score (nSPS) is 11.8. The van der Waals surface area contributed by atoms with E-state index in [1.165, 1.54) is 30.9 Å². The van der Waals surface area contributed by atoms with Gasteiger partial charge in [-0.3, -0.25) is 20.2 Å². The molecular weight excluding hydrogens is 1570 g/mol. The molecule has 0 unspecified atom stereocenters. The lowest BCUT2D eigenvalue weighted by atomic mass is 10.3. The number of aromatic amines is 1. The van der Waals surface area contributed by atoms with Crippen molar-refractivity contribution in [1.82, 2.24) is 136 Å². The third kappa shape index (κ3) is 22.4. The molecule has 14 aromatic rings. The number of anilines is 7. The van der Waals surface area contributed by atoms with Crippen molar-refractivity contribution < 1.29 is 34.4 Å². The van der Waals surface area contributed by atoms with Gasteiger partial charge in [-0.1, -0.05) is 0 Å². The number of thioether (sulfide) groups is 1. The molecule has 0 radical (unpaired) electrons. The molecule has 0 atom stereocenters. The molecule has 43 nitrogen and oxygen atoms in total. The van der Waals surface area contributed by atoms with E-state index in [0.717, 1.165) is 67.7 Å². The first-order valence-electron chi connectivity index (χ1n) is 35.6. The first-order valence-corrected chi connectivity index (χ1v) is 42.5. The summed E-state index contributed by atoms with van der Waals surface area (Å²) in [5.74, 6) is 1.19. The molecule has 0 amide bonds. The molecule has 0 bridgehead atoms. The van der Waals surface area contributed by atoms with Gasteiger partial charge in [0.25, 0.3) is 5.56 Å². The maximum atomic E-state index is 14.2. The van der Waals surface area contributed by atoms with E-state index < -0.39 is 35.9 Å². The summed E-state index contributed by atoms with van der Waals surface area (Å²) in [6, 6.07) is 5.34. The Balaban J connectivity index is 0.000000169. The minimum Gasteiger partial charge on any atom is -0.476 e. The monoisotopic (exact) mass is 1670 g/mol. The van der Waals surface area contributed by atoms with Crippen LogP contribution in [0.15, 0.2) is 91.0 Å². The highest BCUT2D eigenvalue weighted by atomic mass is 32.2. The molecule has 0 aromatic carbocycles. The van der Waals surface area contributed by atoms with E-state index in [-0.39, 0.29) is 64.7 Å². The molecular formula is C67H98FN35O8S4. The van der Waals surface area contributed by atoms with Crippen molar-refractivity contribution in [3.8, 4) is 5.88 Å². The second-order valence-electron chi connectivity index (χ2n) is 27.5. The van der Waals surface area contributed by atoms with Crippen LogP contribution in [0.5, 0.6) is 5.88 Å². The molecule has 0 saturated heterocycles. The Morgan fingerprint density at radius 3 is 1.46 bits per heavy atom. The number of H-pyrrole nitrogens is 1. The summed E-state index contributed by atoms with van der Waals surface area (Å²) >= 11 is 1.60. The number of ether oxygens (including phenoxy) is 1. The summed E-state index contributed by atoms with van der Waals surface area (Å²) in [6.45, 7) is 30.9.